The van der Waals surface area contributed by atoms with Crippen molar-refractivity contribution in [3.05, 3.63) is 30.1 Å². The second kappa shape index (κ2) is 7.49. The number of rotatable bonds is 6. The van der Waals surface area contributed by atoms with E-state index in [4.69, 9.17) is 0 Å². The van der Waals surface area contributed by atoms with Gasteiger partial charge in [-0.15, -0.1) is 10.2 Å². The first-order valence-corrected chi connectivity index (χ1v) is 9.50. The molecule has 9 heteroatoms. The second-order valence-corrected chi connectivity index (χ2v) is 8.24. The van der Waals surface area contributed by atoms with Crippen LogP contribution in [0.15, 0.2) is 28.6 Å². The molecule has 2 amide bonds. The van der Waals surface area contributed by atoms with Gasteiger partial charge in [-0.3, -0.25) is 14.5 Å². The molecule has 1 heterocycles. The van der Waals surface area contributed by atoms with Gasteiger partial charge in [-0.2, -0.15) is 0 Å². The number of hydrogen-bond donors (Lipinski definition) is 1. The molecule has 1 fully saturated rings. The number of nitrogens with zero attached hydrogens (tertiary/aromatic N) is 3. The summed E-state index contributed by atoms with van der Waals surface area (Å²) in [5, 5.41) is 10.8. The van der Waals surface area contributed by atoms with Gasteiger partial charge in [0.15, 0.2) is 4.34 Å². The quantitative estimate of drug-likeness (QED) is 0.615. The molecule has 0 spiro atoms. The molecule has 1 aromatic carbocycles. The maximum atomic E-state index is 13.6. The van der Waals surface area contributed by atoms with Crippen molar-refractivity contribution in [3.63, 3.8) is 0 Å². The molecule has 0 unspecified atom stereocenters. The first-order valence-electron chi connectivity index (χ1n) is 7.81. The molecule has 1 aliphatic rings. The fraction of sp³-hybridized carbons (Fsp3) is 0.375. The Morgan fingerprint density at radius 3 is 2.72 bits per heavy atom. The van der Waals surface area contributed by atoms with Crippen LogP contribution in [0.3, 0.4) is 0 Å². The van der Waals surface area contributed by atoms with E-state index in [1.165, 1.54) is 42.2 Å². The highest BCUT2D eigenvalue weighted by Crippen LogP contribution is 2.36. The minimum atomic E-state index is -0.480. The van der Waals surface area contributed by atoms with Crippen LogP contribution < -0.4 is 10.2 Å². The predicted octanol–water partition coefficient (Wildman–Crippen LogP) is 3.31. The van der Waals surface area contributed by atoms with E-state index in [-0.39, 0.29) is 23.5 Å². The van der Waals surface area contributed by atoms with Gasteiger partial charge in [0.2, 0.25) is 16.9 Å². The van der Waals surface area contributed by atoms with E-state index in [0.717, 1.165) is 12.8 Å². The number of hydrogen-bond acceptors (Lipinski definition) is 6. The summed E-state index contributed by atoms with van der Waals surface area (Å²) in [6.45, 7) is 3.22. The Bertz CT molecular complexity index is 794. The topological polar surface area (TPSA) is 75.2 Å². The van der Waals surface area contributed by atoms with Crippen LogP contribution in [-0.2, 0) is 9.59 Å². The van der Waals surface area contributed by atoms with Gasteiger partial charge in [0.25, 0.3) is 0 Å². The largest absolute Gasteiger partial charge is 0.323 e. The lowest BCUT2D eigenvalue weighted by Crippen LogP contribution is -2.30. The number of carbonyl (C=O) groups excluding carboxylic acids is 2. The maximum Gasteiger partial charge on any atom is 0.237 e. The van der Waals surface area contributed by atoms with Crippen molar-refractivity contribution in [1.82, 2.24) is 10.2 Å². The molecular formula is C16H17FN4O2S2. The number of aromatic nitrogens is 2. The van der Waals surface area contributed by atoms with Crippen molar-refractivity contribution >= 4 is 45.7 Å². The van der Waals surface area contributed by atoms with Gasteiger partial charge in [-0.25, -0.2) is 4.39 Å². The molecule has 1 aromatic heterocycles. The summed E-state index contributed by atoms with van der Waals surface area (Å²) in [5.74, 6) is -0.856. The van der Waals surface area contributed by atoms with Crippen molar-refractivity contribution in [2.45, 2.75) is 42.3 Å². The number of anilines is 2. The summed E-state index contributed by atoms with van der Waals surface area (Å²) in [4.78, 5) is 25.6. The monoisotopic (exact) mass is 380 g/mol. The average molecular weight is 380 g/mol. The summed E-state index contributed by atoms with van der Waals surface area (Å²) in [7, 11) is 0. The zero-order valence-corrected chi connectivity index (χ0v) is 15.4. The lowest BCUT2D eigenvalue weighted by atomic mass is 10.3. The molecule has 1 N–H and O–H groups in total. The number of nitrogens with one attached hydrogen (secondary N) is 1. The third-order valence-corrected chi connectivity index (χ3v) is 5.74. The van der Waals surface area contributed by atoms with Crippen molar-refractivity contribution in [3.8, 4) is 0 Å². The highest BCUT2D eigenvalue weighted by atomic mass is 32.2. The molecular weight excluding hydrogens is 363 g/mol. The predicted molar refractivity (Wildman–Crippen MR) is 96.4 cm³/mol. The molecule has 0 saturated heterocycles. The fourth-order valence-corrected chi connectivity index (χ4v) is 4.33. The molecule has 1 aliphatic carbocycles. The number of carbonyl (C=O) groups is 2. The Balaban J connectivity index is 1.63. The molecule has 1 saturated carbocycles. The van der Waals surface area contributed by atoms with E-state index in [1.54, 1.807) is 24.0 Å². The summed E-state index contributed by atoms with van der Waals surface area (Å²) in [6, 6.07) is 6.23. The Hall–Kier alpha value is -2.00. The van der Waals surface area contributed by atoms with E-state index in [1.807, 2.05) is 0 Å². The zero-order valence-electron chi connectivity index (χ0n) is 13.7. The summed E-state index contributed by atoms with van der Waals surface area (Å²) < 4.78 is 14.2. The average Bonchev–Trinajstić information content (AvgIpc) is 3.28. The normalized spacial score (nSPS) is 14.8. The standard InChI is InChI=1S/C16H17FN4O2S2/c1-9(14(23)18-13-6-4-3-5-12(13)17)24-16-20-19-15(25-16)21(10(2)22)11-7-8-11/h3-6,9,11H,7-8H2,1-2H3,(H,18,23)/t9-/m1/s1. The van der Waals surface area contributed by atoms with Crippen LogP contribution in [0.2, 0.25) is 0 Å². The number of para-hydroxylation sites is 1. The molecule has 0 bridgehead atoms. The Kier molecular flexibility index (Phi) is 5.33. The Morgan fingerprint density at radius 2 is 2.08 bits per heavy atom. The van der Waals surface area contributed by atoms with Crippen molar-refractivity contribution in [1.29, 1.82) is 0 Å². The molecule has 0 radical (unpaired) electrons. The lowest BCUT2D eigenvalue weighted by Gasteiger charge is -2.15. The SMILES string of the molecule is CC(=O)N(c1nnc(S[C@H](C)C(=O)Nc2ccccc2F)s1)C1CC1. The van der Waals surface area contributed by atoms with Crippen LogP contribution in [0.1, 0.15) is 26.7 Å². The first kappa shape index (κ1) is 17.8. The van der Waals surface area contributed by atoms with Crippen molar-refractivity contribution < 1.29 is 14.0 Å². The van der Waals surface area contributed by atoms with Crippen molar-refractivity contribution in [2.75, 3.05) is 10.2 Å². The number of thioether (sulfide) groups is 1. The summed E-state index contributed by atoms with van der Waals surface area (Å²) in [5.41, 5.74) is 0.148. The molecule has 1 atom stereocenters. The smallest absolute Gasteiger partial charge is 0.237 e. The number of amides is 2. The van der Waals surface area contributed by atoms with Gasteiger partial charge in [-0.1, -0.05) is 35.2 Å². The molecule has 25 heavy (non-hydrogen) atoms. The van der Waals surface area contributed by atoms with E-state index < -0.39 is 11.1 Å². The molecule has 0 aliphatic heterocycles. The maximum absolute atomic E-state index is 13.6. The summed E-state index contributed by atoms with van der Waals surface area (Å²) in [6.07, 6.45) is 1.95. The summed E-state index contributed by atoms with van der Waals surface area (Å²) >= 11 is 2.52. The van der Waals surface area contributed by atoms with E-state index in [9.17, 15) is 14.0 Å². The lowest BCUT2D eigenvalue weighted by molar-refractivity contribution is -0.117. The third-order valence-electron chi connectivity index (χ3n) is 3.63. The third kappa shape index (κ3) is 4.35. The van der Waals surface area contributed by atoms with Gasteiger partial charge in [0.05, 0.1) is 10.9 Å². The molecule has 6 nitrogen and oxygen atoms in total. The van der Waals surface area contributed by atoms with Gasteiger partial charge in [0, 0.05) is 13.0 Å². The number of halogens is 1. The van der Waals surface area contributed by atoms with Crippen LogP contribution in [-0.4, -0.2) is 33.3 Å². The van der Waals surface area contributed by atoms with E-state index in [2.05, 4.69) is 15.5 Å². The van der Waals surface area contributed by atoms with Crippen LogP contribution >= 0.6 is 23.1 Å². The zero-order chi connectivity index (χ0) is 18.0. The van der Waals surface area contributed by atoms with Gasteiger partial charge in [0.1, 0.15) is 5.82 Å². The molecule has 3 rings (SSSR count). The highest BCUT2D eigenvalue weighted by Gasteiger charge is 2.34. The van der Waals surface area contributed by atoms with Crippen LogP contribution in [0, 0.1) is 5.82 Å². The minimum absolute atomic E-state index is 0.0551. The van der Waals surface area contributed by atoms with Crippen LogP contribution in [0.25, 0.3) is 0 Å². The van der Waals surface area contributed by atoms with Gasteiger partial charge < -0.3 is 5.32 Å². The minimum Gasteiger partial charge on any atom is -0.323 e. The van der Waals surface area contributed by atoms with Crippen LogP contribution in [0.4, 0.5) is 15.2 Å². The second-order valence-electron chi connectivity index (χ2n) is 5.70. The first-order chi connectivity index (χ1) is 12.0. The van der Waals surface area contributed by atoms with Crippen molar-refractivity contribution in [2.24, 2.45) is 0 Å². The molecule has 132 valence electrons. The fourth-order valence-electron chi connectivity index (χ4n) is 2.23. The molecule has 2 aromatic rings. The Morgan fingerprint density at radius 1 is 1.36 bits per heavy atom. The van der Waals surface area contributed by atoms with Crippen LogP contribution in [0.5, 0.6) is 0 Å². The van der Waals surface area contributed by atoms with E-state index >= 15 is 0 Å². The van der Waals surface area contributed by atoms with Gasteiger partial charge >= 0.3 is 0 Å². The Labute approximate surface area is 152 Å². The highest BCUT2D eigenvalue weighted by molar-refractivity contribution is 8.02. The number of benzene rings is 1. The van der Waals surface area contributed by atoms with E-state index in [0.29, 0.717) is 9.47 Å². The van der Waals surface area contributed by atoms with Gasteiger partial charge in [-0.05, 0) is 31.9 Å².